The molecule has 2 amide bonds. The Morgan fingerprint density at radius 2 is 1.91 bits per heavy atom. The van der Waals surface area contributed by atoms with Crippen molar-refractivity contribution in [2.24, 2.45) is 5.92 Å². The van der Waals surface area contributed by atoms with Crippen LogP contribution >= 0.6 is 0 Å². The van der Waals surface area contributed by atoms with E-state index in [0.717, 1.165) is 25.7 Å². The van der Waals surface area contributed by atoms with Gasteiger partial charge in [-0.15, -0.1) is 0 Å². The van der Waals surface area contributed by atoms with E-state index in [1.54, 1.807) is 6.92 Å². The van der Waals surface area contributed by atoms with Crippen LogP contribution in [0.15, 0.2) is 0 Å². The first-order chi connectivity index (χ1) is 10.9. The Morgan fingerprint density at radius 3 is 2.57 bits per heavy atom. The number of hydrogen-bond donors (Lipinski definition) is 2. The maximum Gasteiger partial charge on any atom is 0.225 e. The zero-order valence-corrected chi connectivity index (χ0v) is 14.5. The predicted molar refractivity (Wildman–Crippen MR) is 87.2 cm³/mol. The molecule has 0 unspecified atom stereocenters. The van der Waals surface area contributed by atoms with Gasteiger partial charge in [-0.05, 0) is 19.8 Å². The third-order valence-electron chi connectivity index (χ3n) is 4.67. The van der Waals surface area contributed by atoms with Gasteiger partial charge in [-0.2, -0.15) is 0 Å². The van der Waals surface area contributed by atoms with Crippen LogP contribution in [0, 0.1) is 5.92 Å². The van der Waals surface area contributed by atoms with E-state index in [4.69, 9.17) is 0 Å². The summed E-state index contributed by atoms with van der Waals surface area (Å²) in [5.74, 6) is -0.377. The second kappa shape index (κ2) is 8.10. The maximum absolute atomic E-state index is 12.1. The molecule has 132 valence electrons. The fourth-order valence-corrected chi connectivity index (χ4v) is 3.91. The van der Waals surface area contributed by atoms with Crippen LogP contribution in [0.1, 0.15) is 45.4 Å². The Hall–Kier alpha value is -1.15. The smallest absolute Gasteiger partial charge is 0.225 e. The summed E-state index contributed by atoms with van der Waals surface area (Å²) >= 11 is 0. The molecule has 2 aliphatic rings. The molecule has 1 atom stereocenters. The summed E-state index contributed by atoms with van der Waals surface area (Å²) < 4.78 is 25.0. The van der Waals surface area contributed by atoms with Gasteiger partial charge in [-0.3, -0.25) is 9.59 Å². The molecule has 1 saturated carbocycles. The zero-order valence-electron chi connectivity index (χ0n) is 13.7. The largest absolute Gasteiger partial charge is 0.354 e. The lowest BCUT2D eigenvalue weighted by molar-refractivity contribution is -0.130. The van der Waals surface area contributed by atoms with E-state index in [-0.39, 0.29) is 43.0 Å². The third-order valence-corrected chi connectivity index (χ3v) is 6.07. The van der Waals surface area contributed by atoms with Gasteiger partial charge in [0.25, 0.3) is 0 Å². The van der Waals surface area contributed by atoms with Crippen molar-refractivity contribution < 1.29 is 18.0 Å². The summed E-state index contributed by atoms with van der Waals surface area (Å²) in [5, 5.41) is 2.72. The van der Waals surface area contributed by atoms with Crippen LogP contribution < -0.4 is 10.0 Å². The van der Waals surface area contributed by atoms with Crippen LogP contribution in [0.5, 0.6) is 0 Å². The molecule has 1 aliphatic carbocycles. The van der Waals surface area contributed by atoms with Crippen molar-refractivity contribution in [3.05, 3.63) is 0 Å². The molecule has 0 radical (unpaired) electrons. The van der Waals surface area contributed by atoms with Gasteiger partial charge in [0, 0.05) is 32.1 Å². The van der Waals surface area contributed by atoms with Crippen molar-refractivity contribution in [3.8, 4) is 0 Å². The van der Waals surface area contributed by atoms with Gasteiger partial charge in [-0.25, -0.2) is 13.1 Å². The molecule has 0 bridgehead atoms. The molecule has 1 heterocycles. The molecular formula is C15H27N3O4S. The van der Waals surface area contributed by atoms with E-state index in [0.29, 0.717) is 12.6 Å². The Balaban J connectivity index is 1.74. The number of rotatable bonds is 7. The summed E-state index contributed by atoms with van der Waals surface area (Å²) in [6.45, 7) is 2.47. The lowest BCUT2D eigenvalue weighted by atomic mass is 9.94. The van der Waals surface area contributed by atoms with Gasteiger partial charge in [0.15, 0.2) is 0 Å². The van der Waals surface area contributed by atoms with E-state index in [9.17, 15) is 18.0 Å². The van der Waals surface area contributed by atoms with Crippen LogP contribution in [0.25, 0.3) is 0 Å². The normalized spacial score (nSPS) is 23.3. The fourth-order valence-electron chi connectivity index (χ4n) is 3.29. The predicted octanol–water partition coefficient (Wildman–Crippen LogP) is 0.223. The van der Waals surface area contributed by atoms with E-state index >= 15 is 0 Å². The number of amides is 2. The van der Waals surface area contributed by atoms with Crippen LogP contribution in [0.4, 0.5) is 0 Å². The molecule has 1 saturated heterocycles. The van der Waals surface area contributed by atoms with Gasteiger partial charge >= 0.3 is 0 Å². The van der Waals surface area contributed by atoms with E-state index < -0.39 is 10.0 Å². The minimum atomic E-state index is -3.23. The first-order valence-electron chi connectivity index (χ1n) is 8.47. The molecule has 0 aromatic heterocycles. The minimum absolute atomic E-state index is 0.0222. The number of hydrogen-bond acceptors (Lipinski definition) is 4. The number of likely N-dealkylation sites (tertiary alicyclic amines) is 1. The summed E-state index contributed by atoms with van der Waals surface area (Å²) in [5.41, 5.74) is 0. The average Bonchev–Trinajstić information content (AvgIpc) is 2.94. The van der Waals surface area contributed by atoms with Crippen LogP contribution in [0.3, 0.4) is 0 Å². The molecule has 0 aromatic rings. The van der Waals surface area contributed by atoms with Gasteiger partial charge in [0.2, 0.25) is 21.8 Å². The SMILES string of the molecule is CCS(=O)(=O)NCCNC(=O)[C@@H]1CC(=O)N(C2CCCCC2)C1. The first kappa shape index (κ1) is 18.2. The lowest BCUT2D eigenvalue weighted by Crippen LogP contribution is -2.40. The first-order valence-corrected chi connectivity index (χ1v) is 10.1. The van der Waals surface area contributed by atoms with Gasteiger partial charge in [-0.1, -0.05) is 19.3 Å². The molecular weight excluding hydrogens is 318 g/mol. The summed E-state index contributed by atoms with van der Waals surface area (Å²) in [7, 11) is -3.23. The topological polar surface area (TPSA) is 95.6 Å². The van der Waals surface area contributed by atoms with Crippen molar-refractivity contribution in [1.82, 2.24) is 14.9 Å². The average molecular weight is 345 g/mol. The van der Waals surface area contributed by atoms with Crippen molar-refractivity contribution >= 4 is 21.8 Å². The summed E-state index contributed by atoms with van der Waals surface area (Å²) in [4.78, 5) is 26.2. The molecule has 1 aliphatic heterocycles. The highest BCUT2D eigenvalue weighted by Crippen LogP contribution is 2.28. The van der Waals surface area contributed by atoms with Crippen molar-refractivity contribution in [3.63, 3.8) is 0 Å². The molecule has 7 nitrogen and oxygen atoms in total. The highest BCUT2D eigenvalue weighted by Gasteiger charge is 2.37. The highest BCUT2D eigenvalue weighted by molar-refractivity contribution is 7.89. The Morgan fingerprint density at radius 1 is 1.22 bits per heavy atom. The molecule has 2 rings (SSSR count). The van der Waals surface area contributed by atoms with Crippen molar-refractivity contribution in [2.75, 3.05) is 25.4 Å². The standard InChI is InChI=1S/C15H27N3O4S/c1-2-23(21,22)17-9-8-16-15(20)12-10-14(19)18(11-12)13-6-4-3-5-7-13/h12-13,17H,2-11H2,1H3,(H,16,20)/t12-/m1/s1. The summed E-state index contributed by atoms with van der Waals surface area (Å²) in [6, 6.07) is 0.297. The Labute approximate surface area is 138 Å². The Bertz CT molecular complexity index is 529. The van der Waals surface area contributed by atoms with E-state index in [2.05, 4.69) is 10.0 Å². The minimum Gasteiger partial charge on any atom is -0.354 e. The van der Waals surface area contributed by atoms with Gasteiger partial charge in [0.1, 0.15) is 0 Å². The van der Waals surface area contributed by atoms with E-state index in [1.165, 1.54) is 6.42 Å². The molecule has 2 fully saturated rings. The van der Waals surface area contributed by atoms with E-state index in [1.807, 2.05) is 4.90 Å². The fraction of sp³-hybridized carbons (Fsp3) is 0.867. The van der Waals surface area contributed by atoms with Gasteiger partial charge < -0.3 is 10.2 Å². The number of carbonyl (C=O) groups excluding carboxylic acids is 2. The molecule has 0 spiro atoms. The maximum atomic E-state index is 12.1. The number of carbonyl (C=O) groups is 2. The second-order valence-corrected chi connectivity index (χ2v) is 8.42. The third kappa shape index (κ3) is 5.17. The van der Waals surface area contributed by atoms with Crippen molar-refractivity contribution in [2.45, 2.75) is 51.5 Å². The zero-order chi connectivity index (χ0) is 16.9. The van der Waals surface area contributed by atoms with Gasteiger partial charge in [0.05, 0.1) is 11.7 Å². The van der Waals surface area contributed by atoms with Crippen LogP contribution in [-0.4, -0.2) is 56.6 Å². The molecule has 2 N–H and O–H groups in total. The second-order valence-electron chi connectivity index (χ2n) is 6.33. The molecule has 8 heteroatoms. The lowest BCUT2D eigenvalue weighted by Gasteiger charge is -2.31. The Kier molecular flexibility index (Phi) is 6.41. The summed E-state index contributed by atoms with van der Waals surface area (Å²) in [6.07, 6.45) is 5.89. The monoisotopic (exact) mass is 345 g/mol. The van der Waals surface area contributed by atoms with Crippen molar-refractivity contribution in [1.29, 1.82) is 0 Å². The quantitative estimate of drug-likeness (QED) is 0.645. The van der Waals surface area contributed by atoms with Crippen LogP contribution in [-0.2, 0) is 19.6 Å². The van der Waals surface area contributed by atoms with Crippen LogP contribution in [0.2, 0.25) is 0 Å². The molecule has 23 heavy (non-hydrogen) atoms. The number of nitrogens with zero attached hydrogens (tertiary/aromatic N) is 1. The molecule has 0 aromatic carbocycles. The highest BCUT2D eigenvalue weighted by atomic mass is 32.2. The number of nitrogens with one attached hydrogen (secondary N) is 2. The number of sulfonamides is 1.